The first-order valence-electron chi connectivity index (χ1n) is 9.45. The Morgan fingerprint density at radius 3 is 2.34 bits per heavy atom. The summed E-state index contributed by atoms with van der Waals surface area (Å²) in [6.45, 7) is 5.90. The number of hydrogen-bond donors (Lipinski definition) is 2. The molecule has 0 aliphatic rings. The van der Waals surface area contributed by atoms with Gasteiger partial charge in [-0.1, -0.05) is 24.3 Å². The van der Waals surface area contributed by atoms with Gasteiger partial charge in [0.1, 0.15) is 11.3 Å². The minimum Gasteiger partial charge on any atom is -0.508 e. The van der Waals surface area contributed by atoms with E-state index in [0.29, 0.717) is 12.0 Å². The highest BCUT2D eigenvalue weighted by Gasteiger charge is 2.24. The van der Waals surface area contributed by atoms with Gasteiger partial charge in [-0.2, -0.15) is 0 Å². The zero-order valence-corrected chi connectivity index (χ0v) is 17.0. The number of rotatable bonds is 6. The molecule has 3 aromatic rings. The van der Waals surface area contributed by atoms with Crippen LogP contribution in [0, 0.1) is 26.7 Å². The van der Waals surface area contributed by atoms with E-state index in [1.807, 2.05) is 32.9 Å². The predicted octanol–water partition coefficient (Wildman–Crippen LogP) is 3.83. The SMILES string of the molecule is COC(=O)C(CNC(=O)c1oc2c(C)ccc(C)c2c1C)Cc1ccc(O)cc1. The molecular formula is C23H25NO5. The van der Waals surface area contributed by atoms with Crippen LogP contribution in [0.1, 0.15) is 32.8 Å². The predicted molar refractivity (Wildman–Crippen MR) is 110 cm³/mol. The number of carbonyl (C=O) groups is 2. The number of fused-ring (bicyclic) bond motifs is 1. The average molecular weight is 395 g/mol. The van der Waals surface area contributed by atoms with E-state index in [1.54, 1.807) is 24.3 Å². The smallest absolute Gasteiger partial charge is 0.310 e. The summed E-state index contributed by atoms with van der Waals surface area (Å²) in [5.74, 6) is -0.918. The van der Waals surface area contributed by atoms with Crippen LogP contribution in [0.15, 0.2) is 40.8 Å². The first kappa shape index (κ1) is 20.5. The minimum atomic E-state index is -0.554. The Morgan fingerprint density at radius 2 is 1.72 bits per heavy atom. The maximum Gasteiger partial charge on any atom is 0.310 e. The number of nitrogens with one attached hydrogen (secondary N) is 1. The Hall–Kier alpha value is -3.28. The van der Waals surface area contributed by atoms with Gasteiger partial charge in [-0.25, -0.2) is 0 Å². The van der Waals surface area contributed by atoms with Crippen molar-refractivity contribution in [3.63, 3.8) is 0 Å². The molecular weight excluding hydrogens is 370 g/mol. The molecule has 0 saturated carbocycles. The van der Waals surface area contributed by atoms with E-state index in [4.69, 9.17) is 9.15 Å². The summed E-state index contributed by atoms with van der Waals surface area (Å²) in [5, 5.41) is 13.2. The lowest BCUT2D eigenvalue weighted by atomic mass is 9.99. The van der Waals surface area contributed by atoms with E-state index in [-0.39, 0.29) is 24.0 Å². The molecule has 3 rings (SSSR count). The number of methoxy groups -OCH3 is 1. The van der Waals surface area contributed by atoms with Gasteiger partial charge in [0.05, 0.1) is 13.0 Å². The van der Waals surface area contributed by atoms with Gasteiger partial charge in [0.15, 0.2) is 5.76 Å². The number of phenols is 1. The van der Waals surface area contributed by atoms with Crippen LogP contribution in [0.5, 0.6) is 5.75 Å². The average Bonchev–Trinajstić information content (AvgIpc) is 3.07. The lowest BCUT2D eigenvalue weighted by molar-refractivity contribution is -0.145. The summed E-state index contributed by atoms with van der Waals surface area (Å²) in [6.07, 6.45) is 0.380. The second-order valence-corrected chi connectivity index (χ2v) is 7.26. The van der Waals surface area contributed by atoms with Crippen LogP contribution in [0.4, 0.5) is 0 Å². The number of ether oxygens (including phenoxy) is 1. The highest BCUT2D eigenvalue weighted by molar-refractivity contribution is 6.00. The van der Waals surface area contributed by atoms with Crippen LogP contribution in [0.25, 0.3) is 11.0 Å². The summed E-state index contributed by atoms with van der Waals surface area (Å²) in [4.78, 5) is 25.0. The molecule has 6 heteroatoms. The third-order valence-electron chi connectivity index (χ3n) is 5.15. The molecule has 1 aromatic heterocycles. The zero-order valence-electron chi connectivity index (χ0n) is 17.0. The number of hydrogen-bond acceptors (Lipinski definition) is 5. The standard InChI is InChI=1S/C23H25NO5/c1-13-5-6-14(2)20-19(13)15(3)21(29-20)22(26)24-12-17(23(27)28-4)11-16-7-9-18(25)10-8-16/h5-10,17,25H,11-12H2,1-4H3,(H,24,26). The molecule has 2 aromatic carbocycles. The number of furan rings is 1. The van der Waals surface area contributed by atoms with E-state index in [1.165, 1.54) is 7.11 Å². The van der Waals surface area contributed by atoms with E-state index in [0.717, 1.165) is 27.6 Å². The molecule has 6 nitrogen and oxygen atoms in total. The summed E-state index contributed by atoms with van der Waals surface area (Å²) in [6, 6.07) is 10.6. The minimum absolute atomic E-state index is 0.112. The van der Waals surface area contributed by atoms with E-state index in [9.17, 15) is 14.7 Å². The molecule has 0 aliphatic carbocycles. The van der Waals surface area contributed by atoms with Crippen molar-refractivity contribution in [3.05, 3.63) is 64.4 Å². The van der Waals surface area contributed by atoms with E-state index in [2.05, 4.69) is 5.32 Å². The fraction of sp³-hybridized carbons (Fsp3) is 0.304. The summed E-state index contributed by atoms with van der Waals surface area (Å²) in [7, 11) is 1.32. The Morgan fingerprint density at radius 1 is 1.07 bits per heavy atom. The van der Waals surface area contributed by atoms with Crippen molar-refractivity contribution in [1.82, 2.24) is 5.32 Å². The maximum atomic E-state index is 12.8. The molecule has 0 saturated heterocycles. The highest BCUT2D eigenvalue weighted by Crippen LogP contribution is 2.30. The molecule has 1 amide bonds. The molecule has 0 radical (unpaired) electrons. The van der Waals surface area contributed by atoms with E-state index >= 15 is 0 Å². The molecule has 0 spiro atoms. The first-order valence-corrected chi connectivity index (χ1v) is 9.45. The van der Waals surface area contributed by atoms with Crippen molar-refractivity contribution in [3.8, 4) is 5.75 Å². The second-order valence-electron chi connectivity index (χ2n) is 7.26. The summed E-state index contributed by atoms with van der Waals surface area (Å²) >= 11 is 0. The molecule has 152 valence electrons. The van der Waals surface area contributed by atoms with Gasteiger partial charge in [-0.3, -0.25) is 9.59 Å². The van der Waals surface area contributed by atoms with Crippen LogP contribution in [0.3, 0.4) is 0 Å². The van der Waals surface area contributed by atoms with Crippen molar-refractivity contribution in [2.45, 2.75) is 27.2 Å². The van der Waals surface area contributed by atoms with Crippen LogP contribution in [0.2, 0.25) is 0 Å². The van der Waals surface area contributed by atoms with Crippen molar-refractivity contribution < 1.29 is 23.8 Å². The first-order chi connectivity index (χ1) is 13.8. The molecule has 2 N–H and O–H groups in total. The fourth-order valence-corrected chi connectivity index (χ4v) is 3.51. The fourth-order valence-electron chi connectivity index (χ4n) is 3.51. The topological polar surface area (TPSA) is 88.8 Å². The number of carbonyl (C=O) groups excluding carboxylic acids is 2. The van der Waals surface area contributed by atoms with Crippen molar-refractivity contribution in [1.29, 1.82) is 0 Å². The molecule has 1 heterocycles. The van der Waals surface area contributed by atoms with E-state index < -0.39 is 11.9 Å². The van der Waals surface area contributed by atoms with Crippen LogP contribution in [-0.4, -0.2) is 30.6 Å². The van der Waals surface area contributed by atoms with Gasteiger partial charge >= 0.3 is 5.97 Å². The molecule has 0 fully saturated rings. The number of aryl methyl sites for hydroxylation is 3. The van der Waals surface area contributed by atoms with Gasteiger partial charge in [0.2, 0.25) is 0 Å². The lowest BCUT2D eigenvalue weighted by Crippen LogP contribution is -2.34. The number of aromatic hydroxyl groups is 1. The highest BCUT2D eigenvalue weighted by atomic mass is 16.5. The quantitative estimate of drug-likeness (QED) is 0.620. The summed E-state index contributed by atoms with van der Waals surface area (Å²) in [5.41, 5.74) is 4.37. The number of benzene rings is 2. The van der Waals surface area contributed by atoms with Crippen molar-refractivity contribution >= 4 is 22.8 Å². The summed E-state index contributed by atoms with van der Waals surface area (Å²) < 4.78 is 10.8. The van der Waals surface area contributed by atoms with Gasteiger partial charge in [0.25, 0.3) is 5.91 Å². The third-order valence-corrected chi connectivity index (χ3v) is 5.15. The Bertz CT molecular complexity index is 1050. The third kappa shape index (κ3) is 4.26. The zero-order chi connectivity index (χ0) is 21.1. The van der Waals surface area contributed by atoms with Gasteiger partial charge in [-0.05, 0) is 56.0 Å². The Balaban J connectivity index is 1.78. The van der Waals surface area contributed by atoms with Crippen molar-refractivity contribution in [2.75, 3.05) is 13.7 Å². The van der Waals surface area contributed by atoms with Crippen molar-refractivity contribution in [2.24, 2.45) is 5.92 Å². The maximum absolute atomic E-state index is 12.8. The number of phenolic OH excluding ortho intramolecular Hbond substituents is 1. The van der Waals surface area contributed by atoms with Gasteiger partial charge in [-0.15, -0.1) is 0 Å². The second kappa shape index (κ2) is 8.39. The Kier molecular flexibility index (Phi) is 5.92. The molecule has 0 bridgehead atoms. The van der Waals surface area contributed by atoms with Crippen LogP contribution < -0.4 is 5.32 Å². The van der Waals surface area contributed by atoms with Gasteiger partial charge < -0.3 is 19.6 Å². The normalized spacial score (nSPS) is 12.0. The molecule has 1 atom stereocenters. The molecule has 29 heavy (non-hydrogen) atoms. The lowest BCUT2D eigenvalue weighted by Gasteiger charge is -2.15. The molecule has 1 unspecified atom stereocenters. The molecule has 0 aliphatic heterocycles. The Labute approximate surface area is 169 Å². The van der Waals surface area contributed by atoms with Crippen LogP contribution >= 0.6 is 0 Å². The van der Waals surface area contributed by atoms with Crippen LogP contribution in [-0.2, 0) is 16.0 Å². The van der Waals surface area contributed by atoms with Gasteiger partial charge in [0, 0.05) is 17.5 Å². The number of esters is 1. The monoisotopic (exact) mass is 395 g/mol. The number of amides is 1. The largest absolute Gasteiger partial charge is 0.508 e.